The van der Waals surface area contributed by atoms with Crippen LogP contribution in [0.4, 0.5) is 5.69 Å². The van der Waals surface area contributed by atoms with Crippen LogP contribution in [-0.4, -0.2) is 21.2 Å². The number of hydrogen-bond acceptors (Lipinski definition) is 4. The molecule has 1 N–H and O–H groups in total. The minimum Gasteiger partial charge on any atom is -0.324 e. The fourth-order valence-corrected chi connectivity index (χ4v) is 4.26. The number of nitrogens with one attached hydrogen (secondary N) is 1. The maximum absolute atomic E-state index is 13.2. The third-order valence-corrected chi connectivity index (χ3v) is 6.02. The van der Waals surface area contributed by atoms with Crippen LogP contribution >= 0.6 is 23.4 Å². The summed E-state index contributed by atoms with van der Waals surface area (Å²) in [7, 11) is 0. The summed E-state index contributed by atoms with van der Waals surface area (Å²) < 4.78 is 1.55. The molecule has 0 radical (unpaired) electrons. The first-order valence-electron chi connectivity index (χ1n) is 9.70. The van der Waals surface area contributed by atoms with Crippen LogP contribution in [0.15, 0.2) is 76.7 Å². The standard InChI is InChI=1S/C24H20ClN3O2S/c1-15-7-10-17(11-8-15)28-23(30)18-5-3-4-6-20(18)27-24(28)31-14-22(29)26-21-12-9-16(2)13-19(21)25/h3-13H,14H2,1-2H3,(H,26,29). The maximum atomic E-state index is 13.2. The summed E-state index contributed by atoms with van der Waals surface area (Å²) in [5.74, 6) is -0.144. The van der Waals surface area contributed by atoms with Gasteiger partial charge in [-0.15, -0.1) is 0 Å². The molecule has 0 fully saturated rings. The van der Waals surface area contributed by atoms with Gasteiger partial charge in [0.2, 0.25) is 5.91 Å². The average molecular weight is 450 g/mol. The molecule has 7 heteroatoms. The summed E-state index contributed by atoms with van der Waals surface area (Å²) >= 11 is 7.42. The second-order valence-electron chi connectivity index (χ2n) is 7.21. The number of carbonyl (C=O) groups excluding carboxylic acids is 1. The number of carbonyl (C=O) groups is 1. The van der Waals surface area contributed by atoms with Crippen molar-refractivity contribution in [3.63, 3.8) is 0 Å². The van der Waals surface area contributed by atoms with Crippen LogP contribution < -0.4 is 10.9 Å². The predicted molar refractivity (Wildman–Crippen MR) is 128 cm³/mol. The molecule has 3 aromatic carbocycles. The third kappa shape index (κ3) is 4.65. The Balaban J connectivity index is 1.66. The van der Waals surface area contributed by atoms with Gasteiger partial charge in [-0.3, -0.25) is 14.2 Å². The Morgan fingerprint density at radius 2 is 1.74 bits per heavy atom. The van der Waals surface area contributed by atoms with Crippen LogP contribution in [-0.2, 0) is 4.79 Å². The van der Waals surface area contributed by atoms with Gasteiger partial charge < -0.3 is 5.32 Å². The molecule has 0 spiro atoms. The monoisotopic (exact) mass is 449 g/mol. The van der Waals surface area contributed by atoms with Crippen LogP contribution in [0.2, 0.25) is 5.02 Å². The molecule has 156 valence electrons. The second-order valence-corrected chi connectivity index (χ2v) is 8.56. The van der Waals surface area contributed by atoms with Crippen molar-refractivity contribution in [1.82, 2.24) is 9.55 Å². The van der Waals surface area contributed by atoms with Gasteiger partial charge in [-0.25, -0.2) is 4.98 Å². The van der Waals surface area contributed by atoms with Gasteiger partial charge in [0.1, 0.15) is 0 Å². The highest BCUT2D eigenvalue weighted by Crippen LogP contribution is 2.25. The average Bonchev–Trinajstić information content (AvgIpc) is 2.75. The highest BCUT2D eigenvalue weighted by atomic mass is 35.5. The maximum Gasteiger partial charge on any atom is 0.266 e. The molecule has 0 aliphatic carbocycles. The minimum atomic E-state index is -0.228. The SMILES string of the molecule is Cc1ccc(-n2c(SCC(=O)Nc3ccc(C)cc3Cl)nc3ccccc3c2=O)cc1. The number of rotatable bonds is 5. The van der Waals surface area contributed by atoms with Crippen molar-refractivity contribution in [3.05, 3.63) is 93.2 Å². The van der Waals surface area contributed by atoms with Gasteiger partial charge in [-0.05, 0) is 55.8 Å². The Morgan fingerprint density at radius 3 is 2.48 bits per heavy atom. The van der Waals surface area contributed by atoms with E-state index in [1.807, 2.05) is 56.3 Å². The lowest BCUT2D eigenvalue weighted by Gasteiger charge is -2.14. The topological polar surface area (TPSA) is 64.0 Å². The third-order valence-electron chi connectivity index (χ3n) is 4.77. The molecule has 5 nitrogen and oxygen atoms in total. The zero-order chi connectivity index (χ0) is 22.0. The summed E-state index contributed by atoms with van der Waals surface area (Å²) in [5, 5.41) is 4.29. The van der Waals surface area contributed by atoms with Gasteiger partial charge in [-0.2, -0.15) is 0 Å². The summed E-state index contributed by atoms with van der Waals surface area (Å²) in [5.41, 5.74) is 3.80. The Labute approximate surface area is 189 Å². The Bertz CT molecular complexity index is 1330. The van der Waals surface area contributed by atoms with E-state index < -0.39 is 0 Å². The molecule has 0 bridgehead atoms. The first kappa shape index (κ1) is 21.2. The van der Waals surface area contributed by atoms with Gasteiger partial charge in [0.15, 0.2) is 5.16 Å². The number of hydrogen-bond donors (Lipinski definition) is 1. The van der Waals surface area contributed by atoms with Crippen LogP contribution in [0, 0.1) is 13.8 Å². The minimum absolute atomic E-state index is 0.0842. The largest absolute Gasteiger partial charge is 0.324 e. The van der Waals surface area contributed by atoms with Crippen molar-refractivity contribution in [2.75, 3.05) is 11.1 Å². The molecular weight excluding hydrogens is 430 g/mol. The number of amides is 1. The molecule has 0 unspecified atom stereocenters. The number of fused-ring (bicyclic) bond motifs is 1. The van der Waals surface area contributed by atoms with E-state index in [0.29, 0.717) is 32.5 Å². The van der Waals surface area contributed by atoms with Crippen molar-refractivity contribution < 1.29 is 4.79 Å². The molecule has 0 aliphatic rings. The zero-order valence-electron chi connectivity index (χ0n) is 17.1. The van der Waals surface area contributed by atoms with E-state index in [-0.39, 0.29) is 17.2 Å². The van der Waals surface area contributed by atoms with Crippen molar-refractivity contribution in [2.45, 2.75) is 19.0 Å². The number of benzene rings is 3. The van der Waals surface area contributed by atoms with Gasteiger partial charge in [0.05, 0.1) is 33.1 Å². The molecule has 1 heterocycles. The Hall–Kier alpha value is -3.09. The Morgan fingerprint density at radius 1 is 1.03 bits per heavy atom. The summed E-state index contributed by atoms with van der Waals surface area (Å²) in [6.45, 7) is 3.92. The lowest BCUT2D eigenvalue weighted by molar-refractivity contribution is -0.113. The number of para-hydroxylation sites is 1. The van der Waals surface area contributed by atoms with Crippen molar-refractivity contribution >= 4 is 45.9 Å². The number of aromatic nitrogens is 2. The van der Waals surface area contributed by atoms with E-state index in [2.05, 4.69) is 10.3 Å². The molecule has 0 atom stereocenters. The quantitative estimate of drug-likeness (QED) is 0.328. The van der Waals surface area contributed by atoms with E-state index in [4.69, 9.17) is 11.6 Å². The number of anilines is 1. The molecule has 4 rings (SSSR count). The first-order valence-corrected chi connectivity index (χ1v) is 11.1. The van der Waals surface area contributed by atoms with Gasteiger partial charge in [0.25, 0.3) is 5.56 Å². The lowest BCUT2D eigenvalue weighted by Crippen LogP contribution is -2.23. The first-order chi connectivity index (χ1) is 14.9. The molecule has 4 aromatic rings. The second kappa shape index (κ2) is 8.96. The zero-order valence-corrected chi connectivity index (χ0v) is 18.6. The number of thioether (sulfide) groups is 1. The summed E-state index contributed by atoms with van der Waals surface area (Å²) in [6, 6.07) is 20.3. The van der Waals surface area contributed by atoms with Crippen LogP contribution in [0.5, 0.6) is 0 Å². The van der Waals surface area contributed by atoms with Crippen molar-refractivity contribution in [3.8, 4) is 5.69 Å². The number of nitrogens with zero attached hydrogens (tertiary/aromatic N) is 2. The van der Waals surface area contributed by atoms with Gasteiger partial charge in [0, 0.05) is 0 Å². The van der Waals surface area contributed by atoms with E-state index in [1.54, 1.807) is 28.8 Å². The number of halogens is 1. The van der Waals surface area contributed by atoms with E-state index in [9.17, 15) is 9.59 Å². The van der Waals surface area contributed by atoms with Crippen LogP contribution in [0.3, 0.4) is 0 Å². The molecule has 31 heavy (non-hydrogen) atoms. The van der Waals surface area contributed by atoms with Crippen molar-refractivity contribution in [1.29, 1.82) is 0 Å². The van der Waals surface area contributed by atoms with Crippen molar-refractivity contribution in [2.24, 2.45) is 0 Å². The molecule has 0 aliphatic heterocycles. The highest BCUT2D eigenvalue weighted by Gasteiger charge is 2.15. The molecule has 0 saturated carbocycles. The van der Waals surface area contributed by atoms with E-state index >= 15 is 0 Å². The summed E-state index contributed by atoms with van der Waals surface area (Å²) in [6.07, 6.45) is 0. The molecule has 0 saturated heterocycles. The highest BCUT2D eigenvalue weighted by molar-refractivity contribution is 7.99. The molecule has 1 amide bonds. The van der Waals surface area contributed by atoms with E-state index in [0.717, 1.165) is 11.1 Å². The Kier molecular flexibility index (Phi) is 6.11. The summed E-state index contributed by atoms with van der Waals surface area (Å²) in [4.78, 5) is 30.5. The number of aryl methyl sites for hydroxylation is 2. The lowest BCUT2D eigenvalue weighted by atomic mass is 10.2. The predicted octanol–water partition coefficient (Wildman–Crippen LogP) is 5.39. The fraction of sp³-hybridized carbons (Fsp3) is 0.125. The smallest absolute Gasteiger partial charge is 0.266 e. The van der Waals surface area contributed by atoms with Crippen LogP contribution in [0.1, 0.15) is 11.1 Å². The normalized spacial score (nSPS) is 10.9. The van der Waals surface area contributed by atoms with Gasteiger partial charge >= 0.3 is 0 Å². The van der Waals surface area contributed by atoms with Crippen LogP contribution in [0.25, 0.3) is 16.6 Å². The molecule has 1 aromatic heterocycles. The fourth-order valence-electron chi connectivity index (χ4n) is 3.17. The van der Waals surface area contributed by atoms with E-state index in [1.165, 1.54) is 11.8 Å². The molecular formula is C24H20ClN3O2S. The van der Waals surface area contributed by atoms with Gasteiger partial charge in [-0.1, -0.05) is 59.3 Å².